The van der Waals surface area contributed by atoms with Crippen molar-refractivity contribution in [1.29, 1.82) is 0 Å². The Hall–Kier alpha value is -0.500. The van der Waals surface area contributed by atoms with E-state index in [0.29, 0.717) is 18.4 Å². The molecule has 2 heterocycles. The van der Waals surface area contributed by atoms with Crippen molar-refractivity contribution >= 4 is 0 Å². The molecule has 0 N–H and O–H groups in total. The SMILES string of the molecule is C[C@@H]1O[C@H]2CCC=CN2[C@@H]1C. The summed E-state index contributed by atoms with van der Waals surface area (Å²) in [4.78, 5) is 2.33. The highest BCUT2D eigenvalue weighted by Gasteiger charge is 2.35. The minimum absolute atomic E-state index is 0.366. The lowest BCUT2D eigenvalue weighted by molar-refractivity contribution is 0.0122. The van der Waals surface area contributed by atoms with Gasteiger partial charge in [-0.25, -0.2) is 0 Å². The van der Waals surface area contributed by atoms with Crippen molar-refractivity contribution in [2.45, 2.75) is 45.1 Å². The van der Waals surface area contributed by atoms with Crippen LogP contribution in [0, 0.1) is 0 Å². The molecule has 0 bridgehead atoms. The van der Waals surface area contributed by atoms with Crippen molar-refractivity contribution in [3.05, 3.63) is 12.3 Å². The molecule has 0 spiro atoms. The highest BCUT2D eigenvalue weighted by atomic mass is 16.5. The van der Waals surface area contributed by atoms with Crippen molar-refractivity contribution in [3.8, 4) is 0 Å². The van der Waals surface area contributed by atoms with E-state index in [0.717, 1.165) is 6.42 Å². The molecule has 2 rings (SSSR count). The summed E-state index contributed by atoms with van der Waals surface area (Å²) >= 11 is 0. The summed E-state index contributed by atoms with van der Waals surface area (Å²) in [6, 6.07) is 0.552. The molecule has 0 aliphatic carbocycles. The molecule has 2 heteroatoms. The van der Waals surface area contributed by atoms with E-state index in [1.54, 1.807) is 0 Å². The predicted octanol–water partition coefficient (Wildman–Crippen LogP) is 1.73. The molecule has 0 unspecified atom stereocenters. The minimum Gasteiger partial charge on any atom is -0.353 e. The molecule has 2 aliphatic heterocycles. The Labute approximate surface area is 67.8 Å². The van der Waals surface area contributed by atoms with Crippen LogP contribution in [0.1, 0.15) is 26.7 Å². The first-order valence-electron chi connectivity index (χ1n) is 4.38. The predicted molar refractivity (Wildman–Crippen MR) is 44.0 cm³/mol. The Balaban J connectivity index is 2.15. The van der Waals surface area contributed by atoms with Gasteiger partial charge in [0.05, 0.1) is 12.1 Å². The van der Waals surface area contributed by atoms with Crippen LogP contribution in [0.25, 0.3) is 0 Å². The van der Waals surface area contributed by atoms with Crippen LogP contribution in [0.3, 0.4) is 0 Å². The van der Waals surface area contributed by atoms with E-state index in [9.17, 15) is 0 Å². The first-order chi connectivity index (χ1) is 5.29. The van der Waals surface area contributed by atoms with Gasteiger partial charge < -0.3 is 9.64 Å². The summed E-state index contributed by atoms with van der Waals surface area (Å²) in [6.07, 6.45) is 7.50. The Bertz CT molecular complexity index is 178. The number of hydrogen-bond donors (Lipinski definition) is 0. The average Bonchev–Trinajstić information content (AvgIpc) is 2.30. The number of ether oxygens (including phenoxy) is 1. The van der Waals surface area contributed by atoms with Gasteiger partial charge in [0.1, 0.15) is 6.23 Å². The van der Waals surface area contributed by atoms with Gasteiger partial charge in [0, 0.05) is 0 Å². The molecule has 0 saturated carbocycles. The van der Waals surface area contributed by atoms with Crippen LogP contribution in [0.15, 0.2) is 12.3 Å². The van der Waals surface area contributed by atoms with Gasteiger partial charge in [0.2, 0.25) is 0 Å². The third-order valence-electron chi connectivity index (χ3n) is 2.71. The third kappa shape index (κ3) is 1.06. The fourth-order valence-electron chi connectivity index (χ4n) is 1.82. The molecular weight excluding hydrogens is 138 g/mol. The lowest BCUT2D eigenvalue weighted by atomic mass is 10.1. The second-order valence-corrected chi connectivity index (χ2v) is 3.45. The summed E-state index contributed by atoms with van der Waals surface area (Å²) in [5, 5.41) is 0. The number of allylic oxidation sites excluding steroid dienone is 1. The highest BCUT2D eigenvalue weighted by Crippen LogP contribution is 2.28. The first-order valence-corrected chi connectivity index (χ1v) is 4.38. The molecule has 1 saturated heterocycles. The van der Waals surface area contributed by atoms with Crippen LogP contribution in [0.5, 0.6) is 0 Å². The maximum Gasteiger partial charge on any atom is 0.130 e. The zero-order chi connectivity index (χ0) is 7.84. The molecule has 0 aromatic heterocycles. The van der Waals surface area contributed by atoms with Crippen molar-refractivity contribution in [2.75, 3.05) is 0 Å². The molecule has 0 amide bonds. The second-order valence-electron chi connectivity index (χ2n) is 3.45. The smallest absolute Gasteiger partial charge is 0.130 e. The van der Waals surface area contributed by atoms with E-state index >= 15 is 0 Å². The third-order valence-corrected chi connectivity index (χ3v) is 2.71. The first kappa shape index (κ1) is 7.17. The summed E-state index contributed by atoms with van der Waals surface area (Å²) in [5.74, 6) is 0. The molecular formula is C9H15NO. The van der Waals surface area contributed by atoms with Gasteiger partial charge >= 0.3 is 0 Å². The number of fused-ring (bicyclic) bond motifs is 1. The van der Waals surface area contributed by atoms with Crippen LogP contribution in [0.2, 0.25) is 0 Å². The molecule has 3 atom stereocenters. The molecule has 0 radical (unpaired) electrons. The number of rotatable bonds is 0. The van der Waals surface area contributed by atoms with Crippen LogP contribution in [-0.2, 0) is 4.74 Å². The molecule has 62 valence electrons. The summed E-state index contributed by atoms with van der Waals surface area (Å²) < 4.78 is 5.75. The Kier molecular flexibility index (Phi) is 1.64. The fraction of sp³-hybridized carbons (Fsp3) is 0.778. The molecule has 1 fully saturated rings. The number of hydrogen-bond acceptors (Lipinski definition) is 2. The maximum absolute atomic E-state index is 5.75. The van der Waals surface area contributed by atoms with E-state index in [-0.39, 0.29) is 0 Å². The second kappa shape index (κ2) is 2.52. The highest BCUT2D eigenvalue weighted by molar-refractivity contribution is 4.97. The lowest BCUT2D eigenvalue weighted by Crippen LogP contribution is -2.33. The minimum atomic E-state index is 0.366. The lowest BCUT2D eigenvalue weighted by Gasteiger charge is -2.27. The zero-order valence-electron chi connectivity index (χ0n) is 7.16. The van der Waals surface area contributed by atoms with Crippen LogP contribution < -0.4 is 0 Å². The topological polar surface area (TPSA) is 12.5 Å². The molecule has 0 aromatic rings. The van der Waals surface area contributed by atoms with Crippen LogP contribution in [-0.4, -0.2) is 23.3 Å². The molecule has 11 heavy (non-hydrogen) atoms. The van der Waals surface area contributed by atoms with Gasteiger partial charge in [-0.2, -0.15) is 0 Å². The Morgan fingerprint density at radius 3 is 3.00 bits per heavy atom. The monoisotopic (exact) mass is 153 g/mol. The van der Waals surface area contributed by atoms with Gasteiger partial charge in [-0.15, -0.1) is 0 Å². The van der Waals surface area contributed by atoms with E-state index in [4.69, 9.17) is 4.74 Å². The summed E-state index contributed by atoms with van der Waals surface area (Å²) in [5.41, 5.74) is 0. The summed E-state index contributed by atoms with van der Waals surface area (Å²) in [6.45, 7) is 4.37. The van der Waals surface area contributed by atoms with Crippen LogP contribution >= 0.6 is 0 Å². The van der Waals surface area contributed by atoms with Crippen LogP contribution in [0.4, 0.5) is 0 Å². The quantitative estimate of drug-likeness (QED) is 0.525. The maximum atomic E-state index is 5.75. The van der Waals surface area contributed by atoms with Crippen molar-refractivity contribution in [3.63, 3.8) is 0 Å². The van der Waals surface area contributed by atoms with E-state index in [1.807, 2.05) is 0 Å². The normalized spacial score (nSPS) is 42.7. The van der Waals surface area contributed by atoms with E-state index < -0.39 is 0 Å². The van der Waals surface area contributed by atoms with Gasteiger partial charge in [-0.1, -0.05) is 6.08 Å². The molecule has 2 aliphatic rings. The average molecular weight is 153 g/mol. The van der Waals surface area contributed by atoms with Crippen molar-refractivity contribution < 1.29 is 4.74 Å². The Morgan fingerprint density at radius 1 is 1.45 bits per heavy atom. The molecule has 0 aromatic carbocycles. The van der Waals surface area contributed by atoms with E-state index in [1.165, 1.54) is 6.42 Å². The molecule has 2 nitrogen and oxygen atoms in total. The van der Waals surface area contributed by atoms with Gasteiger partial charge in [-0.05, 0) is 32.9 Å². The van der Waals surface area contributed by atoms with Gasteiger partial charge in [0.15, 0.2) is 0 Å². The standard InChI is InChI=1S/C9H15NO/c1-7-8(2)11-9-5-3-4-6-10(7)9/h4,6-9H,3,5H2,1-2H3/t7-,8+,9+/m1/s1. The van der Waals surface area contributed by atoms with E-state index in [2.05, 4.69) is 31.0 Å². The van der Waals surface area contributed by atoms with Crippen molar-refractivity contribution in [1.82, 2.24) is 4.90 Å². The number of nitrogens with zero attached hydrogens (tertiary/aromatic N) is 1. The zero-order valence-corrected chi connectivity index (χ0v) is 7.16. The van der Waals surface area contributed by atoms with Gasteiger partial charge in [0.25, 0.3) is 0 Å². The van der Waals surface area contributed by atoms with Gasteiger partial charge in [-0.3, -0.25) is 0 Å². The summed E-state index contributed by atoms with van der Waals surface area (Å²) in [7, 11) is 0. The largest absolute Gasteiger partial charge is 0.353 e. The fourth-order valence-corrected chi connectivity index (χ4v) is 1.82. The Morgan fingerprint density at radius 2 is 2.27 bits per heavy atom. The van der Waals surface area contributed by atoms with Crippen molar-refractivity contribution in [2.24, 2.45) is 0 Å².